The van der Waals surface area contributed by atoms with Gasteiger partial charge in [-0.05, 0) is 31.7 Å². The van der Waals surface area contributed by atoms with Crippen LogP contribution in [-0.2, 0) is 11.8 Å². The SMILES string of the molecule is Cc1nn(C)c2nc(-c3ccccc3)cc(C(=O)NC(C(=O)O)C3CC3)c12. The molecule has 27 heavy (non-hydrogen) atoms. The van der Waals surface area contributed by atoms with Gasteiger partial charge in [0.25, 0.3) is 5.91 Å². The van der Waals surface area contributed by atoms with Crippen LogP contribution in [0.25, 0.3) is 22.3 Å². The van der Waals surface area contributed by atoms with Crippen molar-refractivity contribution in [2.75, 3.05) is 0 Å². The third-order valence-electron chi connectivity index (χ3n) is 4.93. The van der Waals surface area contributed by atoms with Gasteiger partial charge in [0, 0.05) is 12.6 Å². The Morgan fingerprint density at radius 1 is 1.26 bits per heavy atom. The van der Waals surface area contributed by atoms with E-state index in [1.807, 2.05) is 37.3 Å². The Hall–Kier alpha value is -3.22. The number of nitrogens with one attached hydrogen (secondary N) is 1. The molecule has 0 saturated heterocycles. The van der Waals surface area contributed by atoms with Crippen LogP contribution in [0.3, 0.4) is 0 Å². The second-order valence-electron chi connectivity index (χ2n) is 6.96. The number of amides is 1. The van der Waals surface area contributed by atoms with Gasteiger partial charge in [-0.3, -0.25) is 9.48 Å². The van der Waals surface area contributed by atoms with Gasteiger partial charge in [0.1, 0.15) is 6.04 Å². The molecule has 4 rings (SSSR count). The molecule has 1 aliphatic carbocycles. The Balaban J connectivity index is 1.82. The molecule has 2 N–H and O–H groups in total. The summed E-state index contributed by atoms with van der Waals surface area (Å²) in [7, 11) is 1.78. The lowest BCUT2D eigenvalue weighted by atomic mass is 10.0. The normalized spacial score (nSPS) is 14.9. The predicted molar refractivity (Wildman–Crippen MR) is 100 cm³/mol. The maximum Gasteiger partial charge on any atom is 0.326 e. The Morgan fingerprint density at radius 2 is 1.96 bits per heavy atom. The molecular weight excluding hydrogens is 344 g/mol. The van der Waals surface area contributed by atoms with E-state index in [2.05, 4.69) is 15.4 Å². The molecule has 7 nitrogen and oxygen atoms in total. The molecule has 0 radical (unpaired) electrons. The van der Waals surface area contributed by atoms with E-state index in [-0.39, 0.29) is 5.92 Å². The minimum absolute atomic E-state index is 0.00682. The lowest BCUT2D eigenvalue weighted by molar-refractivity contribution is -0.139. The number of aliphatic carboxylic acids is 1. The summed E-state index contributed by atoms with van der Waals surface area (Å²) < 4.78 is 1.64. The highest BCUT2D eigenvalue weighted by Gasteiger charge is 2.37. The Kier molecular flexibility index (Phi) is 4.14. The lowest BCUT2D eigenvalue weighted by Crippen LogP contribution is -2.42. The predicted octanol–water partition coefficient (Wildman–Crippen LogP) is 2.54. The molecule has 3 aromatic rings. The molecule has 0 aliphatic heterocycles. The highest BCUT2D eigenvalue weighted by molar-refractivity contribution is 6.08. The molecule has 1 unspecified atom stereocenters. The summed E-state index contributed by atoms with van der Waals surface area (Å²) in [4.78, 5) is 29.2. The highest BCUT2D eigenvalue weighted by Crippen LogP contribution is 2.33. The number of carboxylic acid groups (broad SMARTS) is 1. The van der Waals surface area contributed by atoms with Gasteiger partial charge in [-0.2, -0.15) is 5.10 Å². The number of nitrogens with zero attached hydrogens (tertiary/aromatic N) is 3. The van der Waals surface area contributed by atoms with Gasteiger partial charge in [-0.15, -0.1) is 0 Å². The first-order valence-corrected chi connectivity index (χ1v) is 8.89. The van der Waals surface area contributed by atoms with Crippen LogP contribution < -0.4 is 5.32 Å². The van der Waals surface area contributed by atoms with E-state index in [1.54, 1.807) is 17.8 Å². The average Bonchev–Trinajstić information content (AvgIpc) is 3.45. The fourth-order valence-electron chi connectivity index (χ4n) is 3.41. The third-order valence-corrected chi connectivity index (χ3v) is 4.93. The number of pyridine rings is 1. The topological polar surface area (TPSA) is 97.1 Å². The van der Waals surface area contributed by atoms with Crippen LogP contribution in [0, 0.1) is 12.8 Å². The monoisotopic (exact) mass is 364 g/mol. The Labute approximate surface area is 156 Å². The molecule has 1 aromatic carbocycles. The third kappa shape index (κ3) is 3.16. The quantitative estimate of drug-likeness (QED) is 0.725. The summed E-state index contributed by atoms with van der Waals surface area (Å²) in [6, 6.07) is 10.4. The van der Waals surface area contributed by atoms with Gasteiger partial charge in [0.15, 0.2) is 5.65 Å². The van der Waals surface area contributed by atoms with Crippen LogP contribution in [0.5, 0.6) is 0 Å². The molecule has 1 saturated carbocycles. The number of fused-ring (bicyclic) bond motifs is 1. The van der Waals surface area contributed by atoms with Gasteiger partial charge in [-0.25, -0.2) is 9.78 Å². The van der Waals surface area contributed by atoms with Crippen LogP contribution in [0.2, 0.25) is 0 Å². The smallest absolute Gasteiger partial charge is 0.326 e. The van der Waals surface area contributed by atoms with Crippen LogP contribution in [0.15, 0.2) is 36.4 Å². The average molecular weight is 364 g/mol. The van der Waals surface area contributed by atoms with Crippen molar-refractivity contribution in [3.8, 4) is 11.3 Å². The zero-order valence-corrected chi connectivity index (χ0v) is 15.1. The van der Waals surface area contributed by atoms with Crippen molar-refractivity contribution in [2.24, 2.45) is 13.0 Å². The van der Waals surface area contributed by atoms with E-state index >= 15 is 0 Å². The summed E-state index contributed by atoms with van der Waals surface area (Å²) in [5.74, 6) is -1.40. The van der Waals surface area contributed by atoms with Gasteiger partial charge in [0.2, 0.25) is 0 Å². The molecule has 2 heterocycles. The van der Waals surface area contributed by atoms with Crippen molar-refractivity contribution < 1.29 is 14.7 Å². The minimum atomic E-state index is -0.998. The lowest BCUT2D eigenvalue weighted by Gasteiger charge is -2.15. The van der Waals surface area contributed by atoms with Crippen LogP contribution in [-0.4, -0.2) is 37.8 Å². The van der Waals surface area contributed by atoms with Gasteiger partial charge >= 0.3 is 5.97 Å². The summed E-state index contributed by atoms with van der Waals surface area (Å²) >= 11 is 0. The number of benzene rings is 1. The summed E-state index contributed by atoms with van der Waals surface area (Å²) in [5.41, 5.74) is 3.20. The van der Waals surface area contributed by atoms with E-state index in [0.717, 1.165) is 18.4 Å². The van der Waals surface area contributed by atoms with Crippen LogP contribution >= 0.6 is 0 Å². The van der Waals surface area contributed by atoms with E-state index in [1.165, 1.54) is 0 Å². The molecule has 138 valence electrons. The number of aromatic nitrogens is 3. The van der Waals surface area contributed by atoms with Crippen molar-refractivity contribution >= 4 is 22.9 Å². The highest BCUT2D eigenvalue weighted by atomic mass is 16.4. The molecule has 0 spiro atoms. The van der Waals surface area contributed by atoms with Crippen molar-refractivity contribution in [1.82, 2.24) is 20.1 Å². The van der Waals surface area contributed by atoms with E-state index < -0.39 is 17.9 Å². The maximum absolute atomic E-state index is 13.0. The standard InChI is InChI=1S/C20H20N4O3/c1-11-16-14(19(25)22-17(20(26)27)13-8-9-13)10-15(12-6-4-3-5-7-12)21-18(16)24(2)23-11/h3-7,10,13,17H,8-9H2,1-2H3,(H,22,25)(H,26,27). The van der Waals surface area contributed by atoms with Crippen LogP contribution in [0.4, 0.5) is 0 Å². The first kappa shape index (κ1) is 17.2. The number of carbonyl (C=O) groups excluding carboxylic acids is 1. The Bertz CT molecular complexity index is 1040. The number of hydrogen-bond acceptors (Lipinski definition) is 4. The summed E-state index contributed by atoms with van der Waals surface area (Å²) in [6.07, 6.45) is 1.65. The first-order chi connectivity index (χ1) is 13.0. The van der Waals surface area contributed by atoms with Crippen LogP contribution in [0.1, 0.15) is 28.9 Å². The fraction of sp³-hybridized carbons (Fsp3) is 0.300. The van der Waals surface area contributed by atoms with E-state index in [0.29, 0.717) is 28.0 Å². The number of carbonyl (C=O) groups is 2. The zero-order valence-electron chi connectivity index (χ0n) is 15.1. The molecule has 1 fully saturated rings. The molecular formula is C20H20N4O3. The Morgan fingerprint density at radius 3 is 2.59 bits per heavy atom. The van der Waals surface area contributed by atoms with Crippen molar-refractivity contribution in [2.45, 2.75) is 25.8 Å². The maximum atomic E-state index is 13.0. The van der Waals surface area contributed by atoms with E-state index in [9.17, 15) is 14.7 Å². The van der Waals surface area contributed by atoms with Gasteiger partial charge in [-0.1, -0.05) is 30.3 Å². The van der Waals surface area contributed by atoms with Crippen molar-refractivity contribution in [3.05, 3.63) is 47.7 Å². The summed E-state index contributed by atoms with van der Waals surface area (Å²) in [6.45, 7) is 1.82. The molecule has 1 atom stereocenters. The van der Waals surface area contributed by atoms with Gasteiger partial charge in [0.05, 0.1) is 22.3 Å². The van der Waals surface area contributed by atoms with E-state index in [4.69, 9.17) is 0 Å². The second kappa shape index (κ2) is 6.50. The van der Waals surface area contributed by atoms with Gasteiger partial charge < -0.3 is 10.4 Å². The minimum Gasteiger partial charge on any atom is -0.480 e. The van der Waals surface area contributed by atoms with Crippen molar-refractivity contribution in [3.63, 3.8) is 0 Å². The largest absolute Gasteiger partial charge is 0.480 e. The number of aryl methyl sites for hydroxylation is 2. The first-order valence-electron chi connectivity index (χ1n) is 8.89. The molecule has 1 amide bonds. The molecule has 7 heteroatoms. The number of rotatable bonds is 5. The molecule has 0 bridgehead atoms. The number of carboxylic acids is 1. The summed E-state index contributed by atoms with van der Waals surface area (Å²) in [5, 5.41) is 17.2. The second-order valence-corrected chi connectivity index (χ2v) is 6.96. The van der Waals surface area contributed by atoms with Crippen molar-refractivity contribution in [1.29, 1.82) is 0 Å². The molecule has 1 aliphatic rings. The number of hydrogen-bond donors (Lipinski definition) is 2. The zero-order chi connectivity index (χ0) is 19.1. The molecule has 2 aromatic heterocycles. The fourth-order valence-corrected chi connectivity index (χ4v) is 3.41.